The summed E-state index contributed by atoms with van der Waals surface area (Å²) < 4.78 is 17.5. The molecule has 3 aromatic rings. The van der Waals surface area contributed by atoms with E-state index in [9.17, 15) is 0 Å². The second-order valence-corrected chi connectivity index (χ2v) is 4.88. The van der Waals surface area contributed by atoms with Gasteiger partial charge in [-0.3, -0.25) is 4.68 Å². The third kappa shape index (κ3) is 3.65. The lowest BCUT2D eigenvalue weighted by atomic mass is 10.1. The van der Waals surface area contributed by atoms with Gasteiger partial charge in [0.25, 0.3) is 0 Å². The van der Waals surface area contributed by atoms with Crippen LogP contribution >= 0.6 is 0 Å². The van der Waals surface area contributed by atoms with Crippen LogP contribution in [-0.4, -0.2) is 39.1 Å². The second-order valence-electron chi connectivity index (χ2n) is 4.88. The maximum atomic E-state index is 5.29. The van der Waals surface area contributed by atoms with E-state index in [0.717, 1.165) is 5.56 Å². The molecular formula is C15H17N5O3. The molecule has 2 heterocycles. The summed E-state index contributed by atoms with van der Waals surface area (Å²) in [7, 11) is 3.22. The minimum atomic E-state index is 0.563. The first-order valence-electron chi connectivity index (χ1n) is 7.13. The molecule has 0 radical (unpaired) electrons. The molecule has 0 saturated carbocycles. The highest BCUT2D eigenvalue weighted by Gasteiger charge is 2.10. The summed E-state index contributed by atoms with van der Waals surface area (Å²) in [6.07, 6.45) is 4.33. The lowest BCUT2D eigenvalue weighted by Gasteiger charge is -2.08. The number of aryl methyl sites for hydroxylation is 2. The van der Waals surface area contributed by atoms with Gasteiger partial charge in [0.05, 0.1) is 20.8 Å². The normalized spacial score (nSPS) is 10.7. The van der Waals surface area contributed by atoms with E-state index in [-0.39, 0.29) is 0 Å². The number of benzene rings is 1. The van der Waals surface area contributed by atoms with Crippen LogP contribution in [0.2, 0.25) is 0 Å². The number of hydrogen-bond acceptors (Lipinski definition) is 7. The Morgan fingerprint density at radius 2 is 2.04 bits per heavy atom. The van der Waals surface area contributed by atoms with E-state index in [1.165, 1.54) is 6.33 Å². The first-order valence-corrected chi connectivity index (χ1v) is 7.13. The zero-order valence-electron chi connectivity index (χ0n) is 13.0. The number of nitrogens with zero attached hydrogens (tertiary/aromatic N) is 5. The van der Waals surface area contributed by atoms with Crippen molar-refractivity contribution >= 4 is 0 Å². The van der Waals surface area contributed by atoms with Crippen molar-refractivity contribution in [1.29, 1.82) is 0 Å². The van der Waals surface area contributed by atoms with E-state index in [4.69, 9.17) is 14.0 Å². The predicted octanol–water partition coefficient (Wildman–Crippen LogP) is 1.51. The van der Waals surface area contributed by atoms with Gasteiger partial charge in [-0.2, -0.15) is 10.1 Å². The average Bonchev–Trinajstić information content (AvgIpc) is 3.24. The van der Waals surface area contributed by atoms with Gasteiger partial charge in [0, 0.05) is 12.8 Å². The Bertz CT molecular complexity index is 754. The van der Waals surface area contributed by atoms with E-state index in [1.807, 2.05) is 18.2 Å². The van der Waals surface area contributed by atoms with Crippen molar-refractivity contribution in [3.8, 4) is 11.5 Å². The third-order valence-electron chi connectivity index (χ3n) is 3.34. The number of rotatable bonds is 7. The molecule has 8 nitrogen and oxygen atoms in total. The minimum Gasteiger partial charge on any atom is -0.493 e. The molecule has 0 aliphatic rings. The molecule has 0 unspecified atom stereocenters. The van der Waals surface area contributed by atoms with Gasteiger partial charge < -0.3 is 14.0 Å². The molecule has 0 fully saturated rings. The van der Waals surface area contributed by atoms with Crippen molar-refractivity contribution in [2.45, 2.75) is 19.4 Å². The van der Waals surface area contributed by atoms with Crippen LogP contribution in [0.1, 0.15) is 17.3 Å². The molecule has 0 N–H and O–H groups in total. The van der Waals surface area contributed by atoms with Gasteiger partial charge >= 0.3 is 0 Å². The molecule has 0 bridgehead atoms. The summed E-state index contributed by atoms with van der Waals surface area (Å²) in [5.41, 5.74) is 1.02. The smallest absolute Gasteiger partial charge is 0.228 e. The number of hydrogen-bond donors (Lipinski definition) is 0. The zero-order chi connectivity index (χ0) is 16.1. The van der Waals surface area contributed by atoms with Crippen molar-refractivity contribution in [3.63, 3.8) is 0 Å². The monoisotopic (exact) mass is 315 g/mol. The molecule has 8 heteroatoms. The van der Waals surface area contributed by atoms with Gasteiger partial charge in [-0.1, -0.05) is 11.2 Å². The molecule has 0 aliphatic heterocycles. The van der Waals surface area contributed by atoms with E-state index in [2.05, 4.69) is 20.2 Å². The van der Waals surface area contributed by atoms with Gasteiger partial charge in [0.1, 0.15) is 12.7 Å². The summed E-state index contributed by atoms with van der Waals surface area (Å²) in [6.45, 7) is 0.651. The van der Waals surface area contributed by atoms with Crippen molar-refractivity contribution in [2.24, 2.45) is 0 Å². The van der Waals surface area contributed by atoms with Crippen molar-refractivity contribution in [2.75, 3.05) is 14.2 Å². The van der Waals surface area contributed by atoms with E-state index in [0.29, 0.717) is 42.6 Å². The Hall–Kier alpha value is -2.90. The lowest BCUT2D eigenvalue weighted by molar-refractivity contribution is 0.354. The van der Waals surface area contributed by atoms with Crippen LogP contribution in [0.15, 0.2) is 35.4 Å². The Morgan fingerprint density at radius 3 is 2.78 bits per heavy atom. The molecule has 120 valence electrons. The van der Waals surface area contributed by atoms with E-state index < -0.39 is 0 Å². The van der Waals surface area contributed by atoms with Gasteiger partial charge in [-0.15, -0.1) is 0 Å². The van der Waals surface area contributed by atoms with Crippen LogP contribution in [-0.2, 0) is 19.4 Å². The highest BCUT2D eigenvalue weighted by atomic mass is 16.5. The zero-order valence-corrected chi connectivity index (χ0v) is 13.0. The summed E-state index contributed by atoms with van der Waals surface area (Å²) >= 11 is 0. The lowest BCUT2D eigenvalue weighted by Crippen LogP contribution is -2.02. The van der Waals surface area contributed by atoms with Crippen LogP contribution in [0.25, 0.3) is 0 Å². The topological polar surface area (TPSA) is 88.1 Å². The molecular weight excluding hydrogens is 298 g/mol. The molecule has 23 heavy (non-hydrogen) atoms. The summed E-state index contributed by atoms with van der Waals surface area (Å²) in [4.78, 5) is 8.28. The van der Waals surface area contributed by atoms with Crippen LogP contribution in [0.3, 0.4) is 0 Å². The average molecular weight is 315 g/mol. The maximum Gasteiger partial charge on any atom is 0.228 e. The second kappa shape index (κ2) is 6.91. The van der Waals surface area contributed by atoms with Gasteiger partial charge in [0.15, 0.2) is 17.3 Å². The first kappa shape index (κ1) is 15.0. The van der Waals surface area contributed by atoms with Gasteiger partial charge in [-0.25, -0.2) is 4.98 Å². The third-order valence-corrected chi connectivity index (χ3v) is 3.34. The maximum absolute atomic E-state index is 5.29. The summed E-state index contributed by atoms with van der Waals surface area (Å²) in [5, 5.41) is 8.04. The molecule has 2 aromatic heterocycles. The van der Waals surface area contributed by atoms with Crippen molar-refractivity contribution in [3.05, 3.63) is 48.1 Å². The molecule has 0 amide bonds. The Kier molecular flexibility index (Phi) is 4.51. The van der Waals surface area contributed by atoms with Crippen LogP contribution in [0.5, 0.6) is 11.5 Å². The summed E-state index contributed by atoms with van der Waals surface area (Å²) in [6, 6.07) is 5.72. The quantitative estimate of drug-likeness (QED) is 0.653. The Labute approximate surface area is 133 Å². The number of aromatic nitrogens is 5. The summed E-state index contributed by atoms with van der Waals surface area (Å²) in [5.74, 6) is 2.58. The molecule has 3 rings (SSSR count). The largest absolute Gasteiger partial charge is 0.493 e. The Morgan fingerprint density at radius 1 is 1.17 bits per heavy atom. The SMILES string of the molecule is COc1ccc(Cc2noc(CCn3cncn3)n2)cc1OC. The molecule has 0 atom stereocenters. The fourth-order valence-corrected chi connectivity index (χ4v) is 2.20. The minimum absolute atomic E-state index is 0.563. The molecule has 0 spiro atoms. The van der Waals surface area contributed by atoms with E-state index in [1.54, 1.807) is 25.2 Å². The molecule has 0 aliphatic carbocycles. The number of ether oxygens (including phenoxy) is 2. The predicted molar refractivity (Wildman–Crippen MR) is 80.4 cm³/mol. The van der Waals surface area contributed by atoms with Crippen LogP contribution in [0, 0.1) is 0 Å². The van der Waals surface area contributed by atoms with Crippen LogP contribution < -0.4 is 9.47 Å². The molecule has 0 saturated heterocycles. The van der Waals surface area contributed by atoms with Gasteiger partial charge in [-0.05, 0) is 17.7 Å². The Balaban J connectivity index is 1.64. The standard InChI is InChI=1S/C15H17N5O3/c1-21-12-4-3-11(7-13(12)22-2)8-14-18-15(23-19-14)5-6-20-10-16-9-17-20/h3-4,7,9-10H,5-6,8H2,1-2H3. The van der Waals surface area contributed by atoms with Crippen LogP contribution in [0.4, 0.5) is 0 Å². The fraction of sp³-hybridized carbons (Fsp3) is 0.333. The highest BCUT2D eigenvalue weighted by molar-refractivity contribution is 5.43. The highest BCUT2D eigenvalue weighted by Crippen LogP contribution is 2.28. The van der Waals surface area contributed by atoms with Gasteiger partial charge in [0.2, 0.25) is 5.89 Å². The van der Waals surface area contributed by atoms with Crippen molar-refractivity contribution in [1.82, 2.24) is 24.9 Å². The first-order chi connectivity index (χ1) is 11.3. The van der Waals surface area contributed by atoms with E-state index >= 15 is 0 Å². The van der Waals surface area contributed by atoms with Crippen molar-refractivity contribution < 1.29 is 14.0 Å². The molecule has 1 aromatic carbocycles. The number of methoxy groups -OCH3 is 2. The fourth-order valence-electron chi connectivity index (χ4n) is 2.20.